The second-order valence-electron chi connectivity index (χ2n) is 10.7. The number of hydrogen-bond donors (Lipinski definition) is 0. The van der Waals surface area contributed by atoms with Gasteiger partial charge < -0.3 is 0 Å². The molecule has 0 N–H and O–H groups in total. The SMILES string of the molecule is C[Si]1(C)c2ccccc2-c2nc(-c3cccc(-c4ccccc4)c3)nc(-c3ccc(-c4ccccc4)cc3)c21. The molecule has 0 aliphatic carbocycles. The summed E-state index contributed by atoms with van der Waals surface area (Å²) >= 11 is 0. The largest absolute Gasteiger partial charge is 0.228 e. The molecular weight excluding hydrogens is 488 g/mol. The van der Waals surface area contributed by atoms with Gasteiger partial charge in [0.05, 0.1) is 11.4 Å². The van der Waals surface area contributed by atoms with E-state index in [1.165, 1.54) is 38.2 Å². The van der Waals surface area contributed by atoms with Crippen molar-refractivity contribution in [1.29, 1.82) is 0 Å². The maximum Gasteiger partial charge on any atom is 0.160 e. The van der Waals surface area contributed by atoms with E-state index in [-0.39, 0.29) is 0 Å². The lowest BCUT2D eigenvalue weighted by molar-refractivity contribution is 1.20. The van der Waals surface area contributed by atoms with E-state index in [0.29, 0.717) is 0 Å². The summed E-state index contributed by atoms with van der Waals surface area (Å²) in [6.07, 6.45) is 0. The van der Waals surface area contributed by atoms with Crippen LogP contribution in [0.2, 0.25) is 13.1 Å². The lowest BCUT2D eigenvalue weighted by Crippen LogP contribution is -2.50. The van der Waals surface area contributed by atoms with E-state index < -0.39 is 8.07 Å². The predicted octanol–water partition coefficient (Wildman–Crippen LogP) is 7.95. The average molecular weight is 517 g/mol. The first kappa shape index (κ1) is 23.5. The zero-order chi connectivity index (χ0) is 26.4. The van der Waals surface area contributed by atoms with Crippen molar-refractivity contribution in [2.75, 3.05) is 0 Å². The van der Waals surface area contributed by atoms with Gasteiger partial charge in [0.2, 0.25) is 0 Å². The molecule has 0 unspecified atom stereocenters. The lowest BCUT2D eigenvalue weighted by atomic mass is 10.0. The van der Waals surface area contributed by atoms with Crippen LogP contribution in [0, 0.1) is 0 Å². The van der Waals surface area contributed by atoms with Crippen LogP contribution >= 0.6 is 0 Å². The minimum atomic E-state index is -2.00. The van der Waals surface area contributed by atoms with Gasteiger partial charge in [-0.2, -0.15) is 0 Å². The maximum atomic E-state index is 5.32. The molecule has 7 rings (SSSR count). The zero-order valence-corrected chi connectivity index (χ0v) is 23.1. The van der Waals surface area contributed by atoms with Crippen molar-refractivity contribution in [3.05, 3.63) is 133 Å². The van der Waals surface area contributed by atoms with Gasteiger partial charge in [-0.3, -0.25) is 0 Å². The standard InChI is InChI=1S/C36H28N2Si/c1-39(2)32-19-10-9-18-31(32)34-35(39)33(28-22-20-27(21-23-28)25-12-5-3-6-13-25)37-36(38-34)30-17-11-16-29(24-30)26-14-7-4-8-15-26/h3-24H,1-2H3. The first-order chi connectivity index (χ1) is 19.1. The van der Waals surface area contributed by atoms with Crippen molar-refractivity contribution in [2.24, 2.45) is 0 Å². The average Bonchev–Trinajstić information content (AvgIpc) is 3.24. The molecule has 0 spiro atoms. The van der Waals surface area contributed by atoms with E-state index in [9.17, 15) is 0 Å². The van der Waals surface area contributed by atoms with Crippen LogP contribution in [0.3, 0.4) is 0 Å². The van der Waals surface area contributed by atoms with Crippen LogP contribution in [-0.4, -0.2) is 18.0 Å². The molecule has 0 fully saturated rings. The van der Waals surface area contributed by atoms with E-state index in [2.05, 4.69) is 147 Å². The van der Waals surface area contributed by atoms with Crippen molar-refractivity contribution < 1.29 is 0 Å². The molecule has 6 aromatic rings. The molecule has 0 atom stereocenters. The molecule has 186 valence electrons. The molecule has 2 heterocycles. The van der Waals surface area contributed by atoms with Crippen LogP contribution in [0.1, 0.15) is 0 Å². The minimum absolute atomic E-state index is 0.773. The van der Waals surface area contributed by atoms with E-state index >= 15 is 0 Å². The van der Waals surface area contributed by atoms with Crippen LogP contribution < -0.4 is 10.4 Å². The summed E-state index contributed by atoms with van der Waals surface area (Å²) in [5.41, 5.74) is 10.4. The molecule has 0 saturated heterocycles. The molecule has 0 bridgehead atoms. The Hall–Kier alpha value is -4.60. The van der Waals surface area contributed by atoms with Crippen LogP contribution in [0.25, 0.3) is 56.2 Å². The third-order valence-corrected chi connectivity index (χ3v) is 11.4. The Bertz CT molecular complexity index is 1810. The van der Waals surface area contributed by atoms with Crippen molar-refractivity contribution >= 4 is 18.4 Å². The number of hydrogen-bond acceptors (Lipinski definition) is 2. The van der Waals surface area contributed by atoms with Gasteiger partial charge in [-0.05, 0) is 44.3 Å². The van der Waals surface area contributed by atoms with Crippen molar-refractivity contribution in [3.63, 3.8) is 0 Å². The number of fused-ring (bicyclic) bond motifs is 3. The highest BCUT2D eigenvalue weighted by molar-refractivity contribution is 7.04. The van der Waals surface area contributed by atoms with Gasteiger partial charge in [0.15, 0.2) is 5.82 Å². The van der Waals surface area contributed by atoms with Crippen molar-refractivity contribution in [2.45, 2.75) is 13.1 Å². The van der Waals surface area contributed by atoms with Gasteiger partial charge in [-0.15, -0.1) is 0 Å². The fourth-order valence-electron chi connectivity index (χ4n) is 5.87. The summed E-state index contributed by atoms with van der Waals surface area (Å²) in [7, 11) is -2.00. The normalized spacial score (nSPS) is 13.1. The van der Waals surface area contributed by atoms with E-state index in [1.807, 2.05) is 0 Å². The number of benzene rings is 5. The summed E-state index contributed by atoms with van der Waals surface area (Å²) in [6, 6.07) is 47.3. The Morgan fingerprint density at radius 2 is 0.949 bits per heavy atom. The summed E-state index contributed by atoms with van der Waals surface area (Å²) < 4.78 is 0. The highest BCUT2D eigenvalue weighted by Crippen LogP contribution is 2.34. The van der Waals surface area contributed by atoms with Crippen LogP contribution in [0.15, 0.2) is 133 Å². The fourth-order valence-corrected chi connectivity index (χ4v) is 9.11. The quantitative estimate of drug-likeness (QED) is 0.222. The van der Waals surface area contributed by atoms with Gasteiger partial charge in [0, 0.05) is 11.1 Å². The Morgan fingerprint density at radius 1 is 0.436 bits per heavy atom. The zero-order valence-electron chi connectivity index (χ0n) is 22.1. The predicted molar refractivity (Wildman–Crippen MR) is 166 cm³/mol. The monoisotopic (exact) mass is 516 g/mol. The third kappa shape index (κ3) is 4.03. The second-order valence-corrected chi connectivity index (χ2v) is 15.0. The van der Waals surface area contributed by atoms with Gasteiger partial charge >= 0.3 is 0 Å². The van der Waals surface area contributed by atoms with Crippen LogP contribution in [0.5, 0.6) is 0 Å². The Labute approximate surface area is 230 Å². The number of aromatic nitrogens is 2. The van der Waals surface area contributed by atoms with E-state index in [1.54, 1.807) is 0 Å². The highest BCUT2D eigenvalue weighted by Gasteiger charge is 2.41. The molecule has 5 aromatic carbocycles. The smallest absolute Gasteiger partial charge is 0.160 e. The minimum Gasteiger partial charge on any atom is -0.228 e. The Balaban J connectivity index is 1.43. The highest BCUT2D eigenvalue weighted by atomic mass is 28.3. The summed E-state index contributed by atoms with van der Waals surface area (Å²) in [4.78, 5) is 10.6. The molecule has 0 radical (unpaired) electrons. The van der Waals surface area contributed by atoms with E-state index in [4.69, 9.17) is 9.97 Å². The van der Waals surface area contributed by atoms with Gasteiger partial charge in [0.1, 0.15) is 8.07 Å². The molecule has 0 saturated carbocycles. The molecular formula is C36H28N2Si. The summed E-state index contributed by atoms with van der Waals surface area (Å²) in [5.74, 6) is 0.773. The molecule has 1 aromatic heterocycles. The number of nitrogens with zero attached hydrogens (tertiary/aromatic N) is 2. The molecule has 2 nitrogen and oxygen atoms in total. The van der Waals surface area contributed by atoms with Crippen LogP contribution in [0.4, 0.5) is 0 Å². The Kier molecular flexibility index (Phi) is 5.61. The van der Waals surface area contributed by atoms with Crippen LogP contribution in [-0.2, 0) is 0 Å². The first-order valence-electron chi connectivity index (χ1n) is 13.4. The Morgan fingerprint density at radius 3 is 1.67 bits per heavy atom. The van der Waals surface area contributed by atoms with Gasteiger partial charge in [0.25, 0.3) is 0 Å². The van der Waals surface area contributed by atoms with E-state index in [0.717, 1.165) is 28.3 Å². The molecule has 3 heteroatoms. The second kappa shape index (κ2) is 9.30. The summed E-state index contributed by atoms with van der Waals surface area (Å²) in [5, 5.41) is 2.77. The fraction of sp³-hybridized carbons (Fsp3) is 0.0556. The summed E-state index contributed by atoms with van der Waals surface area (Å²) in [6.45, 7) is 4.86. The van der Waals surface area contributed by atoms with Gasteiger partial charge in [-0.1, -0.05) is 140 Å². The third-order valence-electron chi connectivity index (χ3n) is 7.88. The topological polar surface area (TPSA) is 25.8 Å². The van der Waals surface area contributed by atoms with Crippen molar-refractivity contribution in [3.8, 4) is 56.2 Å². The van der Waals surface area contributed by atoms with Crippen molar-refractivity contribution in [1.82, 2.24) is 9.97 Å². The number of rotatable bonds is 4. The molecule has 1 aliphatic rings. The maximum absolute atomic E-state index is 5.32. The van der Waals surface area contributed by atoms with Gasteiger partial charge in [-0.25, -0.2) is 9.97 Å². The molecule has 39 heavy (non-hydrogen) atoms. The molecule has 1 aliphatic heterocycles. The lowest BCUT2D eigenvalue weighted by Gasteiger charge is -2.21. The molecule has 0 amide bonds. The first-order valence-corrected chi connectivity index (χ1v) is 16.4.